The second kappa shape index (κ2) is 6.57. The van der Waals surface area contributed by atoms with E-state index in [0.717, 1.165) is 18.4 Å². The summed E-state index contributed by atoms with van der Waals surface area (Å²) in [5.41, 5.74) is 0.852. The first-order valence-corrected chi connectivity index (χ1v) is 6.88. The van der Waals surface area contributed by atoms with Crippen molar-refractivity contribution in [2.24, 2.45) is 5.92 Å². The van der Waals surface area contributed by atoms with E-state index in [0.29, 0.717) is 12.5 Å². The first-order chi connectivity index (χ1) is 9.15. The van der Waals surface area contributed by atoms with E-state index in [1.807, 2.05) is 0 Å². The Morgan fingerprint density at radius 3 is 2.53 bits per heavy atom. The van der Waals surface area contributed by atoms with Crippen LogP contribution >= 0.6 is 0 Å². The van der Waals surface area contributed by atoms with Crippen molar-refractivity contribution >= 4 is 5.91 Å². The molecule has 1 fully saturated rings. The molecular formula is C15H21NO3. The average molecular weight is 263 g/mol. The van der Waals surface area contributed by atoms with Gasteiger partial charge in [-0.2, -0.15) is 0 Å². The van der Waals surface area contributed by atoms with Crippen LogP contribution in [0.2, 0.25) is 0 Å². The van der Waals surface area contributed by atoms with Crippen molar-refractivity contribution in [2.75, 3.05) is 6.54 Å². The smallest absolute Gasteiger partial charge is 0.224 e. The monoisotopic (exact) mass is 263 g/mol. The number of amides is 1. The molecule has 0 radical (unpaired) electrons. The highest BCUT2D eigenvalue weighted by atomic mass is 16.3. The highest BCUT2D eigenvalue weighted by Crippen LogP contribution is 2.27. The number of carbonyl (C=O) groups excluding carboxylic acids is 1. The second-order valence-corrected chi connectivity index (χ2v) is 5.26. The van der Waals surface area contributed by atoms with Crippen LogP contribution in [0.1, 0.15) is 31.2 Å². The van der Waals surface area contributed by atoms with Crippen molar-refractivity contribution in [3.8, 4) is 5.75 Å². The van der Waals surface area contributed by atoms with E-state index in [1.165, 1.54) is 12.8 Å². The molecule has 2 rings (SSSR count). The maximum Gasteiger partial charge on any atom is 0.224 e. The lowest BCUT2D eigenvalue weighted by Crippen LogP contribution is -2.36. The number of aromatic hydroxyl groups is 1. The van der Waals surface area contributed by atoms with Gasteiger partial charge in [-0.05, 0) is 36.5 Å². The Balaban J connectivity index is 1.73. The van der Waals surface area contributed by atoms with E-state index < -0.39 is 6.10 Å². The van der Waals surface area contributed by atoms with Crippen LogP contribution in [0.15, 0.2) is 24.3 Å². The Morgan fingerprint density at radius 2 is 1.89 bits per heavy atom. The summed E-state index contributed by atoms with van der Waals surface area (Å²) in [5, 5.41) is 21.9. The molecule has 4 nitrogen and oxygen atoms in total. The number of phenols is 1. The Morgan fingerprint density at radius 1 is 1.26 bits per heavy atom. The van der Waals surface area contributed by atoms with Crippen molar-refractivity contribution in [3.63, 3.8) is 0 Å². The van der Waals surface area contributed by atoms with Crippen molar-refractivity contribution in [1.29, 1.82) is 0 Å². The highest BCUT2D eigenvalue weighted by Gasteiger charge is 2.23. The van der Waals surface area contributed by atoms with Crippen molar-refractivity contribution in [2.45, 2.75) is 38.2 Å². The van der Waals surface area contributed by atoms with Crippen LogP contribution in [0, 0.1) is 5.92 Å². The standard InChI is InChI=1S/C15H21NO3/c17-13-7-5-11(6-8-13)9-15(19)16-10-14(18)12-3-1-2-4-12/h5-8,12,14,17-18H,1-4,9-10H2,(H,16,19). The Hall–Kier alpha value is -1.55. The van der Waals surface area contributed by atoms with Gasteiger partial charge in [-0.3, -0.25) is 4.79 Å². The molecule has 1 aromatic rings. The number of nitrogens with one attached hydrogen (secondary N) is 1. The maximum absolute atomic E-state index is 11.7. The lowest BCUT2D eigenvalue weighted by Gasteiger charge is -2.18. The third-order valence-electron chi connectivity index (χ3n) is 3.75. The van der Waals surface area contributed by atoms with Gasteiger partial charge >= 0.3 is 0 Å². The van der Waals surface area contributed by atoms with E-state index in [9.17, 15) is 9.90 Å². The molecule has 0 spiro atoms. The van der Waals surface area contributed by atoms with E-state index in [2.05, 4.69) is 5.32 Å². The number of hydrogen-bond donors (Lipinski definition) is 3. The Kier molecular flexibility index (Phi) is 4.80. The van der Waals surface area contributed by atoms with Gasteiger partial charge in [0.25, 0.3) is 0 Å². The molecule has 1 aliphatic carbocycles. The number of phenolic OH excluding ortho intramolecular Hbond substituents is 1. The van der Waals surface area contributed by atoms with Gasteiger partial charge in [-0.15, -0.1) is 0 Å². The normalized spacial score (nSPS) is 17.3. The molecule has 1 atom stereocenters. The van der Waals surface area contributed by atoms with Crippen molar-refractivity contribution in [3.05, 3.63) is 29.8 Å². The Bertz CT molecular complexity index is 410. The lowest BCUT2D eigenvalue weighted by molar-refractivity contribution is -0.121. The van der Waals surface area contributed by atoms with Gasteiger partial charge in [0.1, 0.15) is 5.75 Å². The van der Waals surface area contributed by atoms with Gasteiger partial charge in [0.15, 0.2) is 0 Å². The topological polar surface area (TPSA) is 69.6 Å². The first kappa shape index (κ1) is 13.9. The molecular weight excluding hydrogens is 242 g/mol. The van der Waals surface area contributed by atoms with E-state index in [1.54, 1.807) is 24.3 Å². The van der Waals surface area contributed by atoms with Crippen LogP contribution < -0.4 is 5.32 Å². The zero-order valence-electron chi connectivity index (χ0n) is 11.0. The number of aliphatic hydroxyl groups is 1. The molecule has 0 aliphatic heterocycles. The van der Waals surface area contributed by atoms with Crippen LogP contribution in [0.3, 0.4) is 0 Å². The van der Waals surface area contributed by atoms with Crippen LogP contribution in [0.5, 0.6) is 5.75 Å². The van der Waals surface area contributed by atoms with Crippen LogP contribution in [-0.2, 0) is 11.2 Å². The minimum atomic E-state index is -0.425. The number of rotatable bonds is 5. The quantitative estimate of drug-likeness (QED) is 0.756. The molecule has 104 valence electrons. The van der Waals surface area contributed by atoms with Crippen LogP contribution in [-0.4, -0.2) is 28.8 Å². The number of hydrogen-bond acceptors (Lipinski definition) is 3. The summed E-state index contributed by atoms with van der Waals surface area (Å²) in [6, 6.07) is 6.58. The van der Waals surface area contributed by atoms with Gasteiger partial charge < -0.3 is 15.5 Å². The predicted octanol–water partition coefficient (Wildman–Crippen LogP) is 1.60. The zero-order valence-corrected chi connectivity index (χ0v) is 11.0. The maximum atomic E-state index is 11.7. The molecule has 1 unspecified atom stereocenters. The van der Waals surface area contributed by atoms with Gasteiger partial charge in [-0.1, -0.05) is 25.0 Å². The fourth-order valence-electron chi connectivity index (χ4n) is 2.59. The van der Waals surface area contributed by atoms with Gasteiger partial charge in [0.2, 0.25) is 5.91 Å². The molecule has 19 heavy (non-hydrogen) atoms. The summed E-state index contributed by atoms with van der Waals surface area (Å²) < 4.78 is 0. The molecule has 0 bridgehead atoms. The SMILES string of the molecule is O=C(Cc1ccc(O)cc1)NCC(O)C1CCCC1. The van der Waals surface area contributed by atoms with E-state index >= 15 is 0 Å². The van der Waals surface area contributed by atoms with Gasteiger partial charge in [0, 0.05) is 6.54 Å². The molecule has 0 heterocycles. The van der Waals surface area contributed by atoms with Crippen LogP contribution in [0.25, 0.3) is 0 Å². The number of carbonyl (C=O) groups is 1. The van der Waals surface area contributed by atoms with E-state index in [-0.39, 0.29) is 18.1 Å². The van der Waals surface area contributed by atoms with Crippen molar-refractivity contribution in [1.82, 2.24) is 5.32 Å². The molecule has 0 aromatic heterocycles. The number of benzene rings is 1. The summed E-state index contributed by atoms with van der Waals surface area (Å²) >= 11 is 0. The zero-order chi connectivity index (χ0) is 13.7. The highest BCUT2D eigenvalue weighted by molar-refractivity contribution is 5.78. The molecule has 1 saturated carbocycles. The van der Waals surface area contributed by atoms with Gasteiger partial charge in [0.05, 0.1) is 12.5 Å². The second-order valence-electron chi connectivity index (χ2n) is 5.26. The van der Waals surface area contributed by atoms with Gasteiger partial charge in [-0.25, -0.2) is 0 Å². The summed E-state index contributed by atoms with van der Waals surface area (Å²) in [6.45, 7) is 0.335. The molecule has 1 amide bonds. The largest absolute Gasteiger partial charge is 0.508 e. The molecule has 1 aliphatic rings. The fourth-order valence-corrected chi connectivity index (χ4v) is 2.59. The van der Waals surface area contributed by atoms with E-state index in [4.69, 9.17) is 5.11 Å². The Labute approximate surface area is 113 Å². The molecule has 1 aromatic carbocycles. The summed E-state index contributed by atoms with van der Waals surface area (Å²) in [6.07, 6.45) is 4.35. The van der Waals surface area contributed by atoms with Crippen molar-refractivity contribution < 1.29 is 15.0 Å². The molecule has 0 saturated heterocycles. The summed E-state index contributed by atoms with van der Waals surface area (Å²) in [4.78, 5) is 11.7. The minimum Gasteiger partial charge on any atom is -0.508 e. The lowest BCUT2D eigenvalue weighted by atomic mass is 10.0. The molecule has 4 heteroatoms. The van der Waals surface area contributed by atoms with Crippen LogP contribution in [0.4, 0.5) is 0 Å². The third kappa shape index (κ3) is 4.24. The first-order valence-electron chi connectivity index (χ1n) is 6.88. The predicted molar refractivity (Wildman–Crippen MR) is 72.8 cm³/mol. The average Bonchev–Trinajstić information content (AvgIpc) is 2.93. The fraction of sp³-hybridized carbons (Fsp3) is 0.533. The summed E-state index contributed by atoms with van der Waals surface area (Å²) in [5.74, 6) is 0.442. The molecule has 3 N–H and O–H groups in total. The number of aliphatic hydroxyl groups excluding tert-OH is 1. The third-order valence-corrected chi connectivity index (χ3v) is 3.75. The summed E-state index contributed by atoms with van der Waals surface area (Å²) in [7, 11) is 0. The minimum absolute atomic E-state index is 0.0947.